The second-order valence-corrected chi connectivity index (χ2v) is 6.28. The van der Waals surface area contributed by atoms with Gasteiger partial charge in [-0.3, -0.25) is 4.79 Å². The topological polar surface area (TPSA) is 89.3 Å². The molecular formula is C9H19ClN2O3S. The molecule has 1 amide bonds. The minimum atomic E-state index is -3.23. The number of halogens is 1. The molecule has 0 saturated heterocycles. The largest absolute Gasteiger partial charge is 0.351 e. The van der Waals surface area contributed by atoms with E-state index in [1.54, 1.807) is 0 Å². The van der Waals surface area contributed by atoms with Crippen LogP contribution < -0.4 is 11.1 Å². The third-order valence-electron chi connectivity index (χ3n) is 2.58. The molecule has 7 heteroatoms. The first-order valence-electron chi connectivity index (χ1n) is 5.18. The molecule has 1 rings (SSSR count). The van der Waals surface area contributed by atoms with Gasteiger partial charge in [-0.1, -0.05) is 6.92 Å². The van der Waals surface area contributed by atoms with Crippen LogP contribution in [-0.4, -0.2) is 38.4 Å². The van der Waals surface area contributed by atoms with Gasteiger partial charge in [0.2, 0.25) is 5.91 Å². The number of hydrogen-bond acceptors (Lipinski definition) is 4. The van der Waals surface area contributed by atoms with Crippen molar-refractivity contribution in [3.05, 3.63) is 0 Å². The Hall–Kier alpha value is -0.330. The van der Waals surface area contributed by atoms with Gasteiger partial charge in [-0.05, 0) is 18.8 Å². The van der Waals surface area contributed by atoms with E-state index in [4.69, 9.17) is 5.73 Å². The Balaban J connectivity index is 0.00000225. The summed E-state index contributed by atoms with van der Waals surface area (Å²) in [6, 6.07) is -0.0513. The number of carbonyl (C=O) groups is 1. The molecule has 0 aromatic carbocycles. The zero-order valence-corrected chi connectivity index (χ0v) is 10.9. The van der Waals surface area contributed by atoms with Crippen LogP contribution in [0.2, 0.25) is 0 Å². The van der Waals surface area contributed by atoms with Crippen molar-refractivity contribution in [1.29, 1.82) is 0 Å². The van der Waals surface area contributed by atoms with Gasteiger partial charge in [-0.15, -0.1) is 12.4 Å². The highest BCUT2D eigenvalue weighted by molar-refractivity contribution is 7.92. The quantitative estimate of drug-likeness (QED) is 0.693. The Labute approximate surface area is 102 Å². The molecule has 0 aromatic rings. The number of nitrogens with two attached hydrogens (primary N) is 1. The van der Waals surface area contributed by atoms with E-state index < -0.39 is 21.5 Å². The summed E-state index contributed by atoms with van der Waals surface area (Å²) in [5.41, 5.74) is 5.49. The van der Waals surface area contributed by atoms with Crippen LogP contribution in [0.15, 0.2) is 0 Å². The van der Waals surface area contributed by atoms with Crippen molar-refractivity contribution in [2.45, 2.75) is 25.8 Å². The van der Waals surface area contributed by atoms with Crippen LogP contribution in [0.25, 0.3) is 0 Å². The van der Waals surface area contributed by atoms with E-state index in [1.807, 2.05) is 0 Å². The van der Waals surface area contributed by atoms with Crippen molar-refractivity contribution in [2.75, 3.05) is 18.1 Å². The highest BCUT2D eigenvalue weighted by Gasteiger charge is 2.31. The van der Waals surface area contributed by atoms with Crippen molar-refractivity contribution in [2.24, 2.45) is 11.7 Å². The number of rotatable bonds is 6. The summed E-state index contributed by atoms with van der Waals surface area (Å²) < 4.78 is 22.3. The molecule has 1 fully saturated rings. The summed E-state index contributed by atoms with van der Waals surface area (Å²) in [7, 11) is -3.23. The molecule has 0 bridgehead atoms. The third kappa shape index (κ3) is 5.14. The highest BCUT2D eigenvalue weighted by atomic mass is 35.5. The van der Waals surface area contributed by atoms with Crippen LogP contribution in [0.1, 0.15) is 19.8 Å². The van der Waals surface area contributed by atoms with Crippen LogP contribution in [0.4, 0.5) is 0 Å². The second-order valence-electron chi connectivity index (χ2n) is 3.92. The number of carbonyl (C=O) groups excluding carboxylic acids is 1. The average Bonchev–Trinajstić information content (AvgIpc) is 2.97. The van der Waals surface area contributed by atoms with Gasteiger partial charge in [0, 0.05) is 18.3 Å². The monoisotopic (exact) mass is 270 g/mol. The predicted molar refractivity (Wildman–Crippen MR) is 65.3 cm³/mol. The summed E-state index contributed by atoms with van der Waals surface area (Å²) in [6.07, 6.45) is 2.14. The lowest BCUT2D eigenvalue weighted by Crippen LogP contribution is -2.44. The molecule has 0 aromatic heterocycles. The van der Waals surface area contributed by atoms with Gasteiger partial charge in [0.25, 0.3) is 0 Å². The van der Waals surface area contributed by atoms with E-state index in [-0.39, 0.29) is 24.2 Å². The summed E-state index contributed by atoms with van der Waals surface area (Å²) in [5.74, 6) is -0.411. The van der Waals surface area contributed by atoms with E-state index in [0.29, 0.717) is 12.5 Å². The van der Waals surface area contributed by atoms with Gasteiger partial charge >= 0.3 is 0 Å². The lowest BCUT2D eigenvalue weighted by atomic mass is 10.2. The van der Waals surface area contributed by atoms with E-state index in [0.717, 1.165) is 12.8 Å². The lowest BCUT2D eigenvalue weighted by Gasteiger charge is -2.15. The maximum atomic E-state index is 11.4. The molecule has 1 atom stereocenters. The number of amides is 1. The first-order chi connectivity index (χ1) is 6.98. The zero-order chi connectivity index (χ0) is 11.5. The molecular weight excluding hydrogens is 252 g/mol. The normalized spacial score (nSPS) is 17.4. The molecule has 1 aliphatic rings. The van der Waals surface area contributed by atoms with Crippen molar-refractivity contribution in [1.82, 2.24) is 5.32 Å². The number of hydrogen-bond donors (Lipinski definition) is 2. The SMILES string of the molecule is CCS(=O)(=O)CC(=O)NC(CN)C1CC1.Cl. The Morgan fingerprint density at radius 2 is 2.06 bits per heavy atom. The predicted octanol–water partition coefficient (Wildman–Crippen LogP) is -0.304. The lowest BCUT2D eigenvalue weighted by molar-refractivity contribution is -0.119. The maximum Gasteiger partial charge on any atom is 0.235 e. The van der Waals surface area contributed by atoms with Crippen LogP contribution in [0.5, 0.6) is 0 Å². The minimum absolute atomic E-state index is 0. The summed E-state index contributed by atoms with van der Waals surface area (Å²) in [4.78, 5) is 11.4. The fraction of sp³-hybridized carbons (Fsp3) is 0.889. The first-order valence-corrected chi connectivity index (χ1v) is 7.00. The van der Waals surface area contributed by atoms with E-state index in [1.165, 1.54) is 6.92 Å². The van der Waals surface area contributed by atoms with Crippen LogP contribution >= 0.6 is 12.4 Å². The number of sulfone groups is 1. The summed E-state index contributed by atoms with van der Waals surface area (Å²) in [6.45, 7) is 1.91. The summed E-state index contributed by atoms with van der Waals surface area (Å²) >= 11 is 0. The van der Waals surface area contributed by atoms with Gasteiger partial charge < -0.3 is 11.1 Å². The molecule has 1 aliphatic carbocycles. The van der Waals surface area contributed by atoms with Gasteiger partial charge in [0.1, 0.15) is 5.75 Å². The van der Waals surface area contributed by atoms with E-state index in [9.17, 15) is 13.2 Å². The molecule has 5 nitrogen and oxygen atoms in total. The average molecular weight is 271 g/mol. The Morgan fingerprint density at radius 3 is 2.44 bits per heavy atom. The molecule has 0 heterocycles. The fourth-order valence-corrected chi connectivity index (χ4v) is 2.10. The smallest absolute Gasteiger partial charge is 0.235 e. The van der Waals surface area contributed by atoms with Crippen LogP contribution in [-0.2, 0) is 14.6 Å². The maximum absolute atomic E-state index is 11.4. The Bertz CT molecular complexity index is 328. The molecule has 1 unspecified atom stereocenters. The first kappa shape index (κ1) is 15.7. The Morgan fingerprint density at radius 1 is 1.50 bits per heavy atom. The third-order valence-corrected chi connectivity index (χ3v) is 4.16. The standard InChI is InChI=1S/C9H18N2O3S.ClH/c1-2-15(13,14)6-9(12)11-8(5-10)7-3-4-7;/h7-8H,2-6,10H2,1H3,(H,11,12);1H. The van der Waals surface area contributed by atoms with Crippen molar-refractivity contribution in [3.8, 4) is 0 Å². The molecule has 1 saturated carbocycles. The van der Waals surface area contributed by atoms with Crippen molar-refractivity contribution in [3.63, 3.8) is 0 Å². The molecule has 0 radical (unpaired) electrons. The summed E-state index contributed by atoms with van der Waals surface area (Å²) in [5, 5.41) is 2.68. The van der Waals surface area contributed by atoms with Crippen molar-refractivity contribution >= 4 is 28.2 Å². The molecule has 96 valence electrons. The second kappa shape index (κ2) is 6.42. The number of nitrogens with one attached hydrogen (secondary N) is 1. The van der Waals surface area contributed by atoms with Gasteiger partial charge in [0.15, 0.2) is 9.84 Å². The van der Waals surface area contributed by atoms with Crippen molar-refractivity contribution < 1.29 is 13.2 Å². The minimum Gasteiger partial charge on any atom is -0.351 e. The van der Waals surface area contributed by atoms with Gasteiger partial charge in [-0.2, -0.15) is 0 Å². The molecule has 16 heavy (non-hydrogen) atoms. The fourth-order valence-electron chi connectivity index (χ4n) is 1.42. The zero-order valence-electron chi connectivity index (χ0n) is 9.31. The Kier molecular flexibility index (Phi) is 6.28. The highest BCUT2D eigenvalue weighted by Crippen LogP contribution is 2.32. The molecule has 0 spiro atoms. The van der Waals surface area contributed by atoms with Crippen LogP contribution in [0.3, 0.4) is 0 Å². The molecule has 3 N–H and O–H groups in total. The molecule has 0 aliphatic heterocycles. The van der Waals surface area contributed by atoms with Crippen LogP contribution in [0, 0.1) is 5.92 Å². The van der Waals surface area contributed by atoms with Gasteiger partial charge in [-0.25, -0.2) is 8.42 Å². The van der Waals surface area contributed by atoms with E-state index >= 15 is 0 Å². The van der Waals surface area contributed by atoms with Gasteiger partial charge in [0.05, 0.1) is 0 Å². The van der Waals surface area contributed by atoms with E-state index in [2.05, 4.69) is 5.32 Å².